The minimum Gasteiger partial charge on any atom is -0.437 e. The Morgan fingerprint density at radius 2 is 2.04 bits per heavy atom. The Morgan fingerprint density at radius 3 is 2.82 bits per heavy atom. The van der Waals surface area contributed by atoms with Crippen LogP contribution in [0, 0.1) is 0 Å². The number of rotatable bonds is 5. The Bertz CT molecular complexity index is 1010. The molecule has 2 aromatic carbocycles. The zero-order chi connectivity index (χ0) is 19.3. The molecular formula is C21H18N4O3. The van der Waals surface area contributed by atoms with Crippen molar-refractivity contribution in [2.75, 3.05) is 5.32 Å². The summed E-state index contributed by atoms with van der Waals surface area (Å²) in [6, 6.07) is 14.3. The second kappa shape index (κ2) is 7.87. The summed E-state index contributed by atoms with van der Waals surface area (Å²) < 4.78 is 5.62. The number of ether oxygens (including phenoxy) is 1. The van der Waals surface area contributed by atoms with Crippen molar-refractivity contribution in [2.24, 2.45) is 0 Å². The molecule has 0 bridgehead atoms. The zero-order valence-corrected chi connectivity index (χ0v) is 15.0. The molecule has 1 saturated heterocycles. The fourth-order valence-electron chi connectivity index (χ4n) is 3.06. The van der Waals surface area contributed by atoms with Crippen LogP contribution in [0.3, 0.4) is 0 Å². The van der Waals surface area contributed by atoms with Gasteiger partial charge >= 0.3 is 0 Å². The van der Waals surface area contributed by atoms with Crippen LogP contribution in [0.2, 0.25) is 0 Å². The van der Waals surface area contributed by atoms with Gasteiger partial charge in [0.25, 0.3) is 5.91 Å². The maximum atomic E-state index is 12.6. The van der Waals surface area contributed by atoms with E-state index in [0.717, 1.165) is 12.0 Å². The number of carbonyl (C=O) groups excluding carboxylic acids is 2. The van der Waals surface area contributed by atoms with Crippen molar-refractivity contribution in [2.45, 2.75) is 18.9 Å². The summed E-state index contributed by atoms with van der Waals surface area (Å²) in [5, 5.41) is 5.82. The lowest BCUT2D eigenvalue weighted by atomic mass is 10.0. The van der Waals surface area contributed by atoms with Gasteiger partial charge in [0.2, 0.25) is 11.8 Å². The highest BCUT2D eigenvalue weighted by Crippen LogP contribution is 2.26. The van der Waals surface area contributed by atoms with Crippen LogP contribution in [-0.4, -0.2) is 21.8 Å². The molecule has 0 saturated carbocycles. The Labute approximate surface area is 161 Å². The normalized spacial score (nSPS) is 15.7. The largest absolute Gasteiger partial charge is 0.437 e. The number of nitrogens with one attached hydrogen (secondary N) is 2. The number of hydrogen-bond acceptors (Lipinski definition) is 5. The van der Waals surface area contributed by atoms with Crippen molar-refractivity contribution in [3.8, 4) is 11.6 Å². The third-order valence-electron chi connectivity index (χ3n) is 4.40. The second-order valence-corrected chi connectivity index (χ2v) is 6.41. The smallest absolute Gasteiger partial charge is 0.255 e. The molecular weight excluding hydrogens is 356 g/mol. The molecule has 3 aromatic rings. The van der Waals surface area contributed by atoms with E-state index in [-0.39, 0.29) is 17.9 Å². The quantitative estimate of drug-likeness (QED) is 0.713. The minimum absolute atomic E-state index is 0.00642. The molecule has 140 valence electrons. The van der Waals surface area contributed by atoms with Crippen LogP contribution in [0.1, 0.15) is 34.8 Å². The molecule has 2 N–H and O–H groups in total. The van der Waals surface area contributed by atoms with Gasteiger partial charge in [-0.05, 0) is 42.3 Å². The highest BCUT2D eigenvalue weighted by atomic mass is 16.5. The molecule has 28 heavy (non-hydrogen) atoms. The molecule has 0 spiro atoms. The first-order valence-electron chi connectivity index (χ1n) is 8.92. The van der Waals surface area contributed by atoms with E-state index in [9.17, 15) is 9.59 Å². The second-order valence-electron chi connectivity index (χ2n) is 6.41. The topological polar surface area (TPSA) is 93.2 Å². The fourth-order valence-corrected chi connectivity index (χ4v) is 3.06. The molecule has 1 unspecified atom stereocenters. The van der Waals surface area contributed by atoms with Gasteiger partial charge in [-0.3, -0.25) is 14.6 Å². The molecule has 1 atom stereocenters. The van der Waals surface area contributed by atoms with Crippen LogP contribution >= 0.6 is 0 Å². The van der Waals surface area contributed by atoms with E-state index in [0.29, 0.717) is 29.3 Å². The van der Waals surface area contributed by atoms with Gasteiger partial charge < -0.3 is 15.4 Å². The molecule has 0 radical (unpaired) electrons. The Kier molecular flexibility index (Phi) is 4.97. The van der Waals surface area contributed by atoms with Crippen molar-refractivity contribution < 1.29 is 14.3 Å². The lowest BCUT2D eigenvalue weighted by Gasteiger charge is -2.13. The van der Waals surface area contributed by atoms with Gasteiger partial charge in [-0.25, -0.2) is 4.98 Å². The van der Waals surface area contributed by atoms with Crippen LogP contribution in [0.5, 0.6) is 11.6 Å². The Hall–Kier alpha value is -3.74. The molecule has 1 fully saturated rings. The summed E-state index contributed by atoms with van der Waals surface area (Å²) in [4.78, 5) is 32.1. The van der Waals surface area contributed by atoms with Gasteiger partial charge in [0.05, 0.1) is 12.2 Å². The van der Waals surface area contributed by atoms with Crippen LogP contribution in [-0.2, 0) is 4.79 Å². The van der Waals surface area contributed by atoms with E-state index in [1.165, 1.54) is 12.4 Å². The molecule has 4 rings (SSSR count). The lowest BCUT2D eigenvalue weighted by Crippen LogP contribution is -2.18. The van der Waals surface area contributed by atoms with E-state index in [4.69, 9.17) is 4.74 Å². The molecule has 1 aliphatic rings. The van der Waals surface area contributed by atoms with Crippen LogP contribution in [0.25, 0.3) is 0 Å². The first-order chi connectivity index (χ1) is 13.7. The number of carbonyl (C=O) groups is 2. The fraction of sp³-hybridized carbons (Fsp3) is 0.143. The molecule has 7 heteroatoms. The van der Waals surface area contributed by atoms with Crippen LogP contribution < -0.4 is 15.4 Å². The first kappa shape index (κ1) is 17.7. The van der Waals surface area contributed by atoms with Gasteiger partial charge in [0, 0.05) is 30.1 Å². The summed E-state index contributed by atoms with van der Waals surface area (Å²) >= 11 is 0. The average Bonchev–Trinajstić information content (AvgIpc) is 3.16. The summed E-state index contributed by atoms with van der Waals surface area (Å²) in [6.07, 6.45) is 5.88. The van der Waals surface area contributed by atoms with Crippen LogP contribution in [0.15, 0.2) is 67.1 Å². The van der Waals surface area contributed by atoms with E-state index in [2.05, 4.69) is 20.6 Å². The van der Waals surface area contributed by atoms with Crippen LogP contribution in [0.4, 0.5) is 5.69 Å². The van der Waals surface area contributed by atoms with Gasteiger partial charge in [0.15, 0.2) is 0 Å². The van der Waals surface area contributed by atoms with Crippen molar-refractivity contribution in [3.63, 3.8) is 0 Å². The molecule has 1 aromatic heterocycles. The number of anilines is 1. The Morgan fingerprint density at radius 1 is 1.14 bits per heavy atom. The predicted molar refractivity (Wildman–Crippen MR) is 103 cm³/mol. The average molecular weight is 374 g/mol. The van der Waals surface area contributed by atoms with Gasteiger partial charge in [-0.1, -0.05) is 18.2 Å². The van der Waals surface area contributed by atoms with E-state index in [1.807, 2.05) is 24.3 Å². The third kappa shape index (κ3) is 4.15. The third-order valence-corrected chi connectivity index (χ3v) is 4.40. The SMILES string of the molecule is O=C1CCC(c2cccc(NC(=O)c3cccc(Oc4cnccn4)c3)c2)N1. The molecule has 7 nitrogen and oxygen atoms in total. The molecule has 2 heterocycles. The number of amides is 2. The van der Waals surface area contributed by atoms with E-state index >= 15 is 0 Å². The predicted octanol–water partition coefficient (Wildman–Crippen LogP) is 3.47. The highest BCUT2D eigenvalue weighted by molar-refractivity contribution is 6.04. The van der Waals surface area contributed by atoms with E-state index < -0.39 is 0 Å². The minimum atomic E-state index is -0.253. The maximum absolute atomic E-state index is 12.6. The standard InChI is InChI=1S/C21H18N4O3/c26-19-8-7-18(25-19)14-3-1-5-16(11-14)24-21(27)15-4-2-6-17(12-15)28-20-13-22-9-10-23-20/h1-6,9-13,18H,7-8H2,(H,24,27)(H,25,26). The monoisotopic (exact) mass is 374 g/mol. The van der Waals surface area contributed by atoms with Gasteiger partial charge in [-0.15, -0.1) is 0 Å². The molecule has 0 aliphatic carbocycles. The summed E-state index contributed by atoms with van der Waals surface area (Å²) in [5.41, 5.74) is 2.10. The first-order valence-corrected chi connectivity index (χ1v) is 8.92. The van der Waals surface area contributed by atoms with E-state index in [1.54, 1.807) is 30.5 Å². The zero-order valence-electron chi connectivity index (χ0n) is 15.0. The highest BCUT2D eigenvalue weighted by Gasteiger charge is 2.22. The summed E-state index contributed by atoms with van der Waals surface area (Å²) in [7, 11) is 0. The molecule has 1 aliphatic heterocycles. The number of nitrogens with zero attached hydrogens (tertiary/aromatic N) is 2. The van der Waals surface area contributed by atoms with Gasteiger partial charge in [0.1, 0.15) is 5.75 Å². The van der Waals surface area contributed by atoms with Gasteiger partial charge in [-0.2, -0.15) is 0 Å². The van der Waals surface area contributed by atoms with Crippen molar-refractivity contribution >= 4 is 17.5 Å². The number of aromatic nitrogens is 2. The Balaban J connectivity index is 1.46. The van der Waals surface area contributed by atoms with Crippen molar-refractivity contribution in [3.05, 3.63) is 78.2 Å². The van der Waals surface area contributed by atoms with Crippen molar-refractivity contribution in [1.29, 1.82) is 0 Å². The number of hydrogen-bond donors (Lipinski definition) is 2. The maximum Gasteiger partial charge on any atom is 0.255 e. The number of benzene rings is 2. The summed E-state index contributed by atoms with van der Waals surface area (Å²) in [5.74, 6) is 0.651. The lowest BCUT2D eigenvalue weighted by molar-refractivity contribution is -0.119. The van der Waals surface area contributed by atoms with Crippen molar-refractivity contribution in [1.82, 2.24) is 15.3 Å². The molecule has 2 amide bonds. The summed E-state index contributed by atoms with van der Waals surface area (Å²) in [6.45, 7) is 0.